The van der Waals surface area contributed by atoms with Crippen LogP contribution >= 0.6 is 0 Å². The minimum Gasteiger partial charge on any atom is -0.398 e. The van der Waals surface area contributed by atoms with Gasteiger partial charge in [0.1, 0.15) is 0 Å². The number of aryl methyl sites for hydroxylation is 1. The maximum absolute atomic E-state index is 11.7. The van der Waals surface area contributed by atoms with Crippen LogP contribution in [0.4, 0.5) is 5.69 Å². The number of hydrogen-bond donors (Lipinski definition) is 1. The van der Waals surface area contributed by atoms with Gasteiger partial charge in [0.05, 0.1) is 0 Å². The fourth-order valence-corrected chi connectivity index (χ4v) is 2.48. The van der Waals surface area contributed by atoms with E-state index in [4.69, 9.17) is 5.73 Å². The molecule has 2 N–H and O–H groups in total. The second-order valence-electron chi connectivity index (χ2n) is 5.42. The van der Waals surface area contributed by atoms with Crippen LogP contribution in [-0.2, 0) is 6.54 Å². The Kier molecular flexibility index (Phi) is 7.37. The van der Waals surface area contributed by atoms with Crippen LogP contribution in [0.3, 0.4) is 0 Å². The lowest BCUT2D eigenvalue weighted by Crippen LogP contribution is -2.31. The van der Waals surface area contributed by atoms with Gasteiger partial charge in [-0.25, -0.2) is 0 Å². The molecule has 114 valence electrons. The van der Waals surface area contributed by atoms with E-state index in [0.29, 0.717) is 5.69 Å². The molecule has 1 aromatic rings. The summed E-state index contributed by atoms with van der Waals surface area (Å²) >= 11 is 0. The minimum absolute atomic E-state index is 0.0299. The average molecular weight is 279 g/mol. The molecule has 0 spiro atoms. The standard InChI is InChI=1S/C16H29N3O/c1-4-14(5-2)12-18(6-3)10-7-11-19-13-15(17)8-9-16(19)20/h8-9,13-14H,4-7,10-12,17H2,1-3H3. The lowest BCUT2D eigenvalue weighted by atomic mass is 10.0. The van der Waals surface area contributed by atoms with Crippen LogP contribution in [0.2, 0.25) is 0 Å². The van der Waals surface area contributed by atoms with Crippen LogP contribution in [0.25, 0.3) is 0 Å². The molecule has 4 nitrogen and oxygen atoms in total. The van der Waals surface area contributed by atoms with Crippen LogP contribution < -0.4 is 11.3 Å². The SMILES string of the molecule is CCC(CC)CN(CC)CCCn1cc(N)ccc1=O. The van der Waals surface area contributed by atoms with Crippen molar-refractivity contribution in [1.29, 1.82) is 0 Å². The van der Waals surface area contributed by atoms with Crippen molar-refractivity contribution in [3.05, 3.63) is 28.7 Å². The first-order valence-corrected chi connectivity index (χ1v) is 7.78. The Morgan fingerprint density at radius 2 is 1.95 bits per heavy atom. The molecule has 1 rings (SSSR count). The van der Waals surface area contributed by atoms with Crippen molar-refractivity contribution in [3.63, 3.8) is 0 Å². The molecule has 0 aromatic carbocycles. The Balaban J connectivity index is 2.45. The van der Waals surface area contributed by atoms with Crippen molar-refractivity contribution in [3.8, 4) is 0 Å². The van der Waals surface area contributed by atoms with E-state index in [-0.39, 0.29) is 5.56 Å². The zero-order chi connectivity index (χ0) is 15.0. The van der Waals surface area contributed by atoms with Gasteiger partial charge in [0, 0.05) is 31.0 Å². The molecule has 0 aliphatic heterocycles. The van der Waals surface area contributed by atoms with Crippen LogP contribution in [0.5, 0.6) is 0 Å². The second-order valence-corrected chi connectivity index (χ2v) is 5.42. The molecule has 20 heavy (non-hydrogen) atoms. The largest absolute Gasteiger partial charge is 0.398 e. The van der Waals surface area contributed by atoms with Crippen LogP contribution in [0, 0.1) is 5.92 Å². The van der Waals surface area contributed by atoms with Gasteiger partial charge in [-0.1, -0.05) is 33.6 Å². The van der Waals surface area contributed by atoms with E-state index in [9.17, 15) is 4.79 Å². The van der Waals surface area contributed by atoms with Gasteiger partial charge in [0.25, 0.3) is 5.56 Å². The van der Waals surface area contributed by atoms with Gasteiger partial charge in [-0.05, 0) is 31.5 Å². The zero-order valence-electron chi connectivity index (χ0n) is 13.1. The van der Waals surface area contributed by atoms with Crippen LogP contribution in [-0.4, -0.2) is 29.1 Å². The lowest BCUT2D eigenvalue weighted by Gasteiger charge is -2.25. The number of nitrogens with two attached hydrogens (primary N) is 1. The van der Waals surface area contributed by atoms with Crippen molar-refractivity contribution < 1.29 is 0 Å². The number of nitrogen functional groups attached to an aromatic ring is 1. The zero-order valence-corrected chi connectivity index (χ0v) is 13.1. The summed E-state index contributed by atoms with van der Waals surface area (Å²) in [6.07, 6.45) is 5.19. The van der Waals surface area contributed by atoms with Crippen molar-refractivity contribution in [2.45, 2.75) is 46.6 Å². The van der Waals surface area contributed by atoms with E-state index >= 15 is 0 Å². The summed E-state index contributed by atoms with van der Waals surface area (Å²) in [4.78, 5) is 14.2. The first-order chi connectivity index (χ1) is 9.60. The average Bonchev–Trinajstić information content (AvgIpc) is 2.46. The summed E-state index contributed by atoms with van der Waals surface area (Å²) in [6.45, 7) is 10.7. The molecule has 0 bridgehead atoms. The van der Waals surface area contributed by atoms with E-state index in [2.05, 4.69) is 25.7 Å². The number of hydrogen-bond acceptors (Lipinski definition) is 3. The Labute approximate surface area is 122 Å². The summed E-state index contributed by atoms with van der Waals surface area (Å²) in [5.41, 5.74) is 6.39. The summed E-state index contributed by atoms with van der Waals surface area (Å²) < 4.78 is 1.71. The van der Waals surface area contributed by atoms with Gasteiger partial charge in [-0.3, -0.25) is 4.79 Å². The number of anilines is 1. The molecule has 1 aromatic heterocycles. The molecule has 0 saturated heterocycles. The first-order valence-electron chi connectivity index (χ1n) is 7.78. The number of pyridine rings is 1. The topological polar surface area (TPSA) is 51.3 Å². The maximum atomic E-state index is 11.7. The predicted molar refractivity (Wildman–Crippen MR) is 85.9 cm³/mol. The van der Waals surface area contributed by atoms with E-state index in [1.54, 1.807) is 16.8 Å². The minimum atomic E-state index is 0.0299. The summed E-state index contributed by atoms with van der Waals surface area (Å²) in [6, 6.07) is 3.20. The highest BCUT2D eigenvalue weighted by molar-refractivity contribution is 5.33. The monoisotopic (exact) mass is 279 g/mol. The van der Waals surface area contributed by atoms with Gasteiger partial charge in [-0.15, -0.1) is 0 Å². The molecule has 0 unspecified atom stereocenters. The van der Waals surface area contributed by atoms with Crippen molar-refractivity contribution >= 4 is 5.69 Å². The van der Waals surface area contributed by atoms with Gasteiger partial charge in [-0.2, -0.15) is 0 Å². The van der Waals surface area contributed by atoms with Crippen molar-refractivity contribution in [2.24, 2.45) is 5.92 Å². The van der Waals surface area contributed by atoms with Gasteiger partial charge >= 0.3 is 0 Å². The molecule has 1 heterocycles. The molecule has 0 saturated carbocycles. The molecule has 0 radical (unpaired) electrons. The molecular formula is C16H29N3O. The van der Waals surface area contributed by atoms with E-state index < -0.39 is 0 Å². The molecule has 0 atom stereocenters. The summed E-state index contributed by atoms with van der Waals surface area (Å²) in [7, 11) is 0. The van der Waals surface area contributed by atoms with Crippen molar-refractivity contribution in [2.75, 3.05) is 25.4 Å². The number of nitrogens with zero attached hydrogens (tertiary/aromatic N) is 2. The fourth-order valence-electron chi connectivity index (χ4n) is 2.48. The summed E-state index contributed by atoms with van der Waals surface area (Å²) in [5.74, 6) is 0.782. The first kappa shape index (κ1) is 16.8. The van der Waals surface area contributed by atoms with E-state index in [1.807, 2.05) is 0 Å². The molecular weight excluding hydrogens is 250 g/mol. The third-order valence-corrected chi connectivity index (χ3v) is 4.00. The number of rotatable bonds is 9. The fraction of sp³-hybridized carbons (Fsp3) is 0.688. The Morgan fingerprint density at radius 1 is 1.25 bits per heavy atom. The lowest BCUT2D eigenvalue weighted by molar-refractivity contribution is 0.227. The van der Waals surface area contributed by atoms with Gasteiger partial charge in [0.2, 0.25) is 0 Å². The third-order valence-electron chi connectivity index (χ3n) is 4.00. The highest BCUT2D eigenvalue weighted by Crippen LogP contribution is 2.10. The highest BCUT2D eigenvalue weighted by atomic mass is 16.1. The Bertz CT molecular complexity index is 438. The number of aromatic nitrogens is 1. The van der Waals surface area contributed by atoms with Crippen LogP contribution in [0.15, 0.2) is 23.1 Å². The van der Waals surface area contributed by atoms with E-state index in [1.165, 1.54) is 18.9 Å². The maximum Gasteiger partial charge on any atom is 0.250 e. The molecule has 0 amide bonds. The molecule has 0 fully saturated rings. The third kappa shape index (κ3) is 5.37. The Morgan fingerprint density at radius 3 is 2.55 bits per heavy atom. The molecule has 0 aliphatic rings. The second kappa shape index (κ2) is 8.80. The Hall–Kier alpha value is -1.29. The highest BCUT2D eigenvalue weighted by Gasteiger charge is 2.09. The van der Waals surface area contributed by atoms with Crippen LogP contribution in [0.1, 0.15) is 40.0 Å². The normalized spacial score (nSPS) is 11.4. The van der Waals surface area contributed by atoms with Gasteiger partial charge < -0.3 is 15.2 Å². The summed E-state index contributed by atoms with van der Waals surface area (Å²) in [5, 5.41) is 0. The molecule has 0 aliphatic carbocycles. The molecule has 4 heteroatoms. The smallest absolute Gasteiger partial charge is 0.250 e. The predicted octanol–water partition coefficient (Wildman–Crippen LogP) is 2.58. The van der Waals surface area contributed by atoms with Gasteiger partial charge in [0.15, 0.2) is 0 Å². The quantitative estimate of drug-likeness (QED) is 0.756. The van der Waals surface area contributed by atoms with Crippen molar-refractivity contribution in [1.82, 2.24) is 9.47 Å². The van der Waals surface area contributed by atoms with E-state index in [0.717, 1.165) is 38.5 Å².